The van der Waals surface area contributed by atoms with E-state index < -0.39 is 0 Å². The molecule has 10 rings (SSSR count). The van der Waals surface area contributed by atoms with E-state index in [0.29, 0.717) is 11.8 Å². The summed E-state index contributed by atoms with van der Waals surface area (Å²) in [5, 5.41) is 10.2. The van der Waals surface area contributed by atoms with Crippen molar-refractivity contribution in [2.45, 2.75) is 88.9 Å². The van der Waals surface area contributed by atoms with E-state index in [1.807, 2.05) is 0 Å². The van der Waals surface area contributed by atoms with Gasteiger partial charge in [-0.3, -0.25) is 0 Å². The molecule has 0 fully saturated rings. The molecule has 2 heteroatoms. The highest BCUT2D eigenvalue weighted by Crippen LogP contribution is 2.41. The Hall–Kier alpha value is -6.38. The van der Waals surface area contributed by atoms with Gasteiger partial charge in [-0.2, -0.15) is 0 Å². The van der Waals surface area contributed by atoms with E-state index in [1.54, 1.807) is 0 Å². The number of rotatable bonds is 17. The van der Waals surface area contributed by atoms with Gasteiger partial charge in [0.05, 0.1) is 22.1 Å². The van der Waals surface area contributed by atoms with Crippen molar-refractivity contribution in [3.05, 3.63) is 204 Å². The molecule has 2 nitrogen and oxygen atoms in total. The van der Waals surface area contributed by atoms with Crippen LogP contribution >= 0.6 is 0 Å². The zero-order valence-electron chi connectivity index (χ0n) is 35.9. The van der Waals surface area contributed by atoms with Gasteiger partial charge >= 0.3 is 0 Å². The number of fused-ring (bicyclic) bond motifs is 8. The average molecular weight is 805 g/mol. The molecular formula is C60H56N2. The maximum absolute atomic E-state index is 5.19. The fourth-order valence-electron chi connectivity index (χ4n) is 10.6. The summed E-state index contributed by atoms with van der Waals surface area (Å²) in [6.45, 7) is 0. The van der Waals surface area contributed by atoms with Gasteiger partial charge in [0.2, 0.25) is 0 Å². The van der Waals surface area contributed by atoms with Gasteiger partial charge in [-0.1, -0.05) is 208 Å². The monoisotopic (exact) mass is 804 g/mol. The van der Waals surface area contributed by atoms with E-state index in [2.05, 4.69) is 182 Å². The number of aromatic nitrogens is 2. The van der Waals surface area contributed by atoms with Crippen LogP contribution in [-0.4, -0.2) is 9.97 Å². The Labute approximate surface area is 366 Å². The Balaban J connectivity index is 0.802. The third-order valence-corrected chi connectivity index (χ3v) is 13.7. The van der Waals surface area contributed by atoms with Gasteiger partial charge in [0.25, 0.3) is 0 Å². The number of para-hydroxylation sites is 2. The lowest BCUT2D eigenvalue weighted by Crippen LogP contribution is -2.12. The van der Waals surface area contributed by atoms with Crippen LogP contribution < -0.4 is 0 Å². The second-order valence-electron chi connectivity index (χ2n) is 17.5. The second kappa shape index (κ2) is 18.7. The molecule has 0 N–H and O–H groups in total. The zero-order chi connectivity index (χ0) is 41.5. The van der Waals surface area contributed by atoms with Gasteiger partial charge in [-0.25, -0.2) is 9.97 Å². The second-order valence-corrected chi connectivity index (χ2v) is 17.5. The summed E-state index contributed by atoms with van der Waals surface area (Å²) < 4.78 is 0. The minimum atomic E-state index is 0.504. The molecule has 0 aliphatic rings. The summed E-state index contributed by atoms with van der Waals surface area (Å²) in [6, 6.07) is 66.9. The molecule has 2 atom stereocenters. The van der Waals surface area contributed by atoms with Gasteiger partial charge in [0.1, 0.15) is 0 Å². The highest BCUT2D eigenvalue weighted by molar-refractivity contribution is 6.11. The fourth-order valence-corrected chi connectivity index (χ4v) is 10.6. The van der Waals surface area contributed by atoms with Crippen molar-refractivity contribution in [2.24, 2.45) is 0 Å². The largest absolute Gasteiger partial charge is 0.247 e. The zero-order valence-corrected chi connectivity index (χ0v) is 35.9. The number of aryl methyl sites for hydroxylation is 2. The van der Waals surface area contributed by atoms with Crippen LogP contribution in [0, 0.1) is 0 Å². The predicted molar refractivity (Wildman–Crippen MR) is 265 cm³/mol. The van der Waals surface area contributed by atoms with Crippen molar-refractivity contribution in [2.75, 3.05) is 0 Å². The summed E-state index contributed by atoms with van der Waals surface area (Å²) in [5.74, 6) is 1.01. The quantitative estimate of drug-likeness (QED) is 0.0520. The highest BCUT2D eigenvalue weighted by Gasteiger charge is 2.24. The summed E-state index contributed by atoms with van der Waals surface area (Å²) in [4.78, 5) is 10.4. The average Bonchev–Trinajstić information content (AvgIpc) is 3.33. The van der Waals surface area contributed by atoms with Crippen molar-refractivity contribution in [1.29, 1.82) is 0 Å². The van der Waals surface area contributed by atoms with Crippen LogP contribution in [0.15, 0.2) is 182 Å². The Morgan fingerprint density at radius 2 is 0.661 bits per heavy atom. The number of pyridine rings is 2. The minimum Gasteiger partial charge on any atom is -0.247 e. The van der Waals surface area contributed by atoms with Crippen molar-refractivity contribution in [3.63, 3.8) is 0 Å². The Kier molecular flexibility index (Phi) is 12.0. The number of unbranched alkanes of at least 4 members (excludes halogenated alkanes) is 6. The third kappa shape index (κ3) is 8.32. The Bertz CT molecular complexity index is 2890. The molecule has 306 valence electrons. The van der Waals surface area contributed by atoms with Gasteiger partial charge in [0.15, 0.2) is 0 Å². The molecule has 0 saturated heterocycles. The summed E-state index contributed by atoms with van der Waals surface area (Å²) >= 11 is 0. The first-order valence-corrected chi connectivity index (χ1v) is 23.3. The first-order chi connectivity index (χ1) is 30.8. The van der Waals surface area contributed by atoms with E-state index in [9.17, 15) is 0 Å². The van der Waals surface area contributed by atoms with E-state index in [0.717, 1.165) is 34.9 Å². The number of benzene rings is 8. The van der Waals surface area contributed by atoms with Crippen LogP contribution in [-0.2, 0) is 12.8 Å². The number of hydrogen-bond donors (Lipinski definition) is 0. The summed E-state index contributed by atoms with van der Waals surface area (Å²) in [7, 11) is 0. The Morgan fingerprint density at radius 3 is 1.11 bits per heavy atom. The van der Waals surface area contributed by atoms with Crippen molar-refractivity contribution in [1.82, 2.24) is 9.97 Å². The van der Waals surface area contributed by atoms with Gasteiger partial charge in [-0.15, -0.1) is 0 Å². The molecule has 0 bridgehead atoms. The summed E-state index contributed by atoms with van der Waals surface area (Å²) in [6.07, 6.45) is 14.4. The van der Waals surface area contributed by atoms with E-state index in [-0.39, 0.29) is 0 Å². The molecule has 2 heterocycles. The maximum atomic E-state index is 5.19. The molecule has 8 aromatic carbocycles. The fraction of sp³-hybridized carbons (Fsp3) is 0.233. The normalized spacial score (nSPS) is 12.8. The lowest BCUT2D eigenvalue weighted by molar-refractivity contribution is 0.435. The van der Waals surface area contributed by atoms with Crippen LogP contribution in [0.2, 0.25) is 0 Å². The molecular weight excluding hydrogens is 749 g/mol. The third-order valence-electron chi connectivity index (χ3n) is 13.7. The Morgan fingerprint density at radius 1 is 0.290 bits per heavy atom. The smallest absolute Gasteiger partial charge is 0.0790 e. The predicted octanol–water partition coefficient (Wildman–Crippen LogP) is 16.6. The van der Waals surface area contributed by atoms with Gasteiger partial charge in [-0.05, 0) is 95.5 Å². The van der Waals surface area contributed by atoms with E-state index >= 15 is 0 Å². The van der Waals surface area contributed by atoms with Crippen molar-refractivity contribution < 1.29 is 0 Å². The molecule has 0 saturated carbocycles. The van der Waals surface area contributed by atoms with E-state index in [1.165, 1.54) is 130 Å². The van der Waals surface area contributed by atoms with Crippen LogP contribution in [0.3, 0.4) is 0 Å². The molecule has 2 unspecified atom stereocenters. The lowest BCUT2D eigenvalue weighted by Gasteiger charge is -2.29. The van der Waals surface area contributed by atoms with Crippen LogP contribution in [0.25, 0.3) is 65.2 Å². The van der Waals surface area contributed by atoms with Gasteiger partial charge in [0, 0.05) is 32.3 Å². The van der Waals surface area contributed by atoms with Crippen LogP contribution in [0.1, 0.15) is 98.3 Å². The lowest BCUT2D eigenvalue weighted by atomic mass is 9.76. The molecule has 0 radical (unpaired) electrons. The van der Waals surface area contributed by atoms with Crippen molar-refractivity contribution >= 4 is 65.2 Å². The molecule has 0 spiro atoms. The summed E-state index contributed by atoms with van der Waals surface area (Å²) in [5.41, 5.74) is 10.4. The standard InChI is InChI=1S/C60H56N2/c1(3-13-33-51-53-35-19-21-37-57(53)61-59-49-31-17-15-27-45(49)39-41-55(51)59)11-29-47(43-23-7-5-8-24-43)48(44-25-9-6-10-26-44)30-12-2-4-14-34-52-54-36-20-22-38-58(54)62-60-50-32-18-16-28-46(50)40-42-56(52)60/h5-10,15-28,31-32,35-42,47-48H,1-4,11-14,29-30,33-34H2. The maximum Gasteiger partial charge on any atom is 0.0790 e. The van der Waals surface area contributed by atoms with Crippen LogP contribution in [0.4, 0.5) is 0 Å². The molecule has 10 aromatic rings. The first kappa shape index (κ1) is 39.7. The molecule has 0 aliphatic carbocycles. The minimum absolute atomic E-state index is 0.504. The molecule has 0 aliphatic heterocycles. The number of hydrogen-bond acceptors (Lipinski definition) is 2. The van der Waals surface area contributed by atoms with Gasteiger partial charge < -0.3 is 0 Å². The highest BCUT2D eigenvalue weighted by atomic mass is 14.7. The topological polar surface area (TPSA) is 25.8 Å². The molecule has 0 amide bonds. The molecule has 2 aromatic heterocycles. The van der Waals surface area contributed by atoms with E-state index in [4.69, 9.17) is 9.97 Å². The molecule has 62 heavy (non-hydrogen) atoms. The van der Waals surface area contributed by atoms with Crippen molar-refractivity contribution in [3.8, 4) is 0 Å². The first-order valence-electron chi connectivity index (χ1n) is 23.3. The van der Waals surface area contributed by atoms with Crippen LogP contribution in [0.5, 0.6) is 0 Å². The SMILES string of the molecule is c1ccc(C(CCCCCCc2c3ccccc3nc3c2ccc2ccccc23)C(CCCCCCc2c3ccccc3nc3c2ccc2ccccc23)c2ccccc2)cc1. The number of nitrogens with zero attached hydrogens (tertiary/aromatic N) is 2.